The number of nitrogens with one attached hydrogen (secondary N) is 1. The number of hydrogen-bond donors (Lipinski definition) is 1. The van der Waals surface area contributed by atoms with E-state index in [9.17, 15) is 19.7 Å². The third-order valence-corrected chi connectivity index (χ3v) is 4.71. The molecular weight excluding hydrogens is 350 g/mol. The molecule has 3 rings (SSSR count). The Bertz CT molecular complexity index is 925. The van der Waals surface area contributed by atoms with Crippen LogP contribution in [0.4, 0.5) is 10.5 Å². The van der Waals surface area contributed by atoms with Crippen LogP contribution >= 0.6 is 0 Å². The van der Waals surface area contributed by atoms with E-state index in [0.29, 0.717) is 16.9 Å². The number of urea groups is 1. The summed E-state index contributed by atoms with van der Waals surface area (Å²) in [6.45, 7) is 3.45. The van der Waals surface area contributed by atoms with Gasteiger partial charge in [-0.2, -0.15) is 0 Å². The van der Waals surface area contributed by atoms with E-state index in [2.05, 4.69) is 5.32 Å². The van der Waals surface area contributed by atoms with Crippen LogP contribution in [0.5, 0.6) is 5.75 Å². The number of ether oxygens (including phenoxy) is 1. The van der Waals surface area contributed by atoms with Gasteiger partial charge in [-0.25, -0.2) is 4.79 Å². The van der Waals surface area contributed by atoms with Gasteiger partial charge in [-0.3, -0.25) is 19.8 Å². The molecule has 0 bridgehead atoms. The Morgan fingerprint density at radius 1 is 1.19 bits per heavy atom. The van der Waals surface area contributed by atoms with Gasteiger partial charge in [0.1, 0.15) is 11.3 Å². The highest BCUT2D eigenvalue weighted by molar-refractivity contribution is 6.07. The van der Waals surface area contributed by atoms with E-state index in [0.717, 1.165) is 10.5 Å². The minimum atomic E-state index is -1.20. The number of non-ortho nitro benzene ring substituents is 1. The van der Waals surface area contributed by atoms with Crippen LogP contribution in [0.3, 0.4) is 0 Å². The van der Waals surface area contributed by atoms with Crippen LogP contribution in [-0.4, -0.2) is 28.9 Å². The molecule has 1 unspecified atom stereocenters. The standard InChI is InChI=1S/C19H19N3O5/c1-12-4-6-14(7-5-12)19(2)17(23)21(18(24)20-19)11-13-10-15(22(25)26)8-9-16(13)27-3/h4-10H,11H2,1-3H3,(H,20,24). The quantitative estimate of drug-likeness (QED) is 0.496. The SMILES string of the molecule is COc1ccc([N+](=O)[O-])cc1CN1C(=O)NC(C)(c2ccc(C)cc2)C1=O. The fourth-order valence-electron chi connectivity index (χ4n) is 3.10. The lowest BCUT2D eigenvalue weighted by atomic mass is 9.91. The smallest absolute Gasteiger partial charge is 0.325 e. The zero-order chi connectivity index (χ0) is 19.8. The zero-order valence-electron chi connectivity index (χ0n) is 15.2. The highest BCUT2D eigenvalue weighted by Gasteiger charge is 2.49. The van der Waals surface area contributed by atoms with Crippen LogP contribution in [0.15, 0.2) is 42.5 Å². The minimum absolute atomic E-state index is 0.128. The predicted molar refractivity (Wildman–Crippen MR) is 97.3 cm³/mol. The van der Waals surface area contributed by atoms with Gasteiger partial charge in [0.25, 0.3) is 11.6 Å². The number of nitro benzene ring substituents is 1. The van der Waals surface area contributed by atoms with Crippen LogP contribution in [-0.2, 0) is 16.9 Å². The molecule has 1 heterocycles. The maximum absolute atomic E-state index is 13.0. The van der Waals surface area contributed by atoms with Crippen molar-refractivity contribution in [3.05, 3.63) is 69.3 Å². The van der Waals surface area contributed by atoms with Crippen LogP contribution < -0.4 is 10.1 Å². The third kappa shape index (κ3) is 3.21. The van der Waals surface area contributed by atoms with Gasteiger partial charge in [-0.15, -0.1) is 0 Å². The number of amides is 3. The lowest BCUT2D eigenvalue weighted by molar-refractivity contribution is -0.384. The first-order valence-electron chi connectivity index (χ1n) is 8.29. The van der Waals surface area contributed by atoms with E-state index in [1.165, 1.54) is 25.3 Å². The van der Waals surface area contributed by atoms with E-state index in [-0.39, 0.29) is 12.2 Å². The van der Waals surface area contributed by atoms with Gasteiger partial charge in [0.05, 0.1) is 18.6 Å². The number of carbonyl (C=O) groups is 2. The van der Waals surface area contributed by atoms with Crippen LogP contribution in [0.2, 0.25) is 0 Å². The van der Waals surface area contributed by atoms with Crippen molar-refractivity contribution in [1.29, 1.82) is 0 Å². The number of benzene rings is 2. The minimum Gasteiger partial charge on any atom is -0.496 e. The molecule has 1 aliphatic rings. The van der Waals surface area contributed by atoms with Gasteiger partial charge in [0, 0.05) is 17.7 Å². The second-order valence-corrected chi connectivity index (χ2v) is 6.57. The first-order chi connectivity index (χ1) is 12.8. The molecule has 2 aromatic rings. The fourth-order valence-corrected chi connectivity index (χ4v) is 3.10. The van der Waals surface area contributed by atoms with Gasteiger partial charge in [0.2, 0.25) is 0 Å². The molecule has 1 fully saturated rings. The highest BCUT2D eigenvalue weighted by atomic mass is 16.6. The van der Waals surface area contributed by atoms with Crippen molar-refractivity contribution in [2.75, 3.05) is 7.11 Å². The van der Waals surface area contributed by atoms with Crippen molar-refractivity contribution in [2.24, 2.45) is 0 Å². The largest absolute Gasteiger partial charge is 0.496 e. The summed E-state index contributed by atoms with van der Waals surface area (Å²) in [5.41, 5.74) is 0.749. The molecule has 0 saturated carbocycles. The molecule has 1 atom stereocenters. The van der Waals surface area contributed by atoms with Gasteiger partial charge < -0.3 is 10.1 Å². The molecule has 1 saturated heterocycles. The predicted octanol–water partition coefficient (Wildman–Crippen LogP) is 2.88. The molecule has 1 aliphatic heterocycles. The second-order valence-electron chi connectivity index (χ2n) is 6.57. The summed E-state index contributed by atoms with van der Waals surface area (Å²) in [6, 6.07) is 10.8. The average Bonchev–Trinajstić information content (AvgIpc) is 2.86. The molecule has 27 heavy (non-hydrogen) atoms. The summed E-state index contributed by atoms with van der Waals surface area (Å²) >= 11 is 0. The lowest BCUT2D eigenvalue weighted by Gasteiger charge is -2.22. The number of hydrogen-bond acceptors (Lipinski definition) is 5. The Morgan fingerprint density at radius 2 is 1.85 bits per heavy atom. The Labute approximate surface area is 155 Å². The molecular formula is C19H19N3O5. The molecule has 140 valence electrons. The molecule has 0 aliphatic carbocycles. The average molecular weight is 369 g/mol. The van der Waals surface area contributed by atoms with Gasteiger partial charge in [-0.05, 0) is 25.5 Å². The number of carbonyl (C=O) groups excluding carboxylic acids is 2. The van der Waals surface area contributed by atoms with E-state index in [1.807, 2.05) is 19.1 Å². The summed E-state index contributed by atoms with van der Waals surface area (Å²) in [5, 5.41) is 13.8. The zero-order valence-corrected chi connectivity index (χ0v) is 15.2. The summed E-state index contributed by atoms with van der Waals surface area (Å²) in [6.07, 6.45) is 0. The Morgan fingerprint density at radius 3 is 2.44 bits per heavy atom. The summed E-state index contributed by atoms with van der Waals surface area (Å²) in [4.78, 5) is 37.0. The van der Waals surface area contributed by atoms with Crippen molar-refractivity contribution < 1.29 is 19.2 Å². The Hall–Kier alpha value is -3.42. The van der Waals surface area contributed by atoms with Crippen molar-refractivity contribution in [3.8, 4) is 5.75 Å². The van der Waals surface area contributed by atoms with Crippen LogP contribution in [0, 0.1) is 17.0 Å². The molecule has 2 aromatic carbocycles. The van der Waals surface area contributed by atoms with Crippen molar-refractivity contribution in [1.82, 2.24) is 10.2 Å². The molecule has 0 radical (unpaired) electrons. The summed E-state index contributed by atoms with van der Waals surface area (Å²) in [7, 11) is 1.42. The van der Waals surface area contributed by atoms with E-state index in [1.54, 1.807) is 19.1 Å². The van der Waals surface area contributed by atoms with Crippen LogP contribution in [0.25, 0.3) is 0 Å². The van der Waals surface area contributed by atoms with Crippen molar-refractivity contribution in [2.45, 2.75) is 25.9 Å². The molecule has 0 spiro atoms. The molecule has 8 nitrogen and oxygen atoms in total. The monoisotopic (exact) mass is 369 g/mol. The molecule has 3 amide bonds. The lowest BCUT2D eigenvalue weighted by Crippen LogP contribution is -2.40. The summed E-state index contributed by atoms with van der Waals surface area (Å²) in [5.74, 6) is -0.0601. The van der Waals surface area contributed by atoms with Crippen LogP contribution in [0.1, 0.15) is 23.6 Å². The number of methoxy groups -OCH3 is 1. The van der Waals surface area contributed by atoms with Gasteiger partial charge in [0.15, 0.2) is 0 Å². The fraction of sp³-hybridized carbons (Fsp3) is 0.263. The van der Waals surface area contributed by atoms with Crippen molar-refractivity contribution in [3.63, 3.8) is 0 Å². The Balaban J connectivity index is 1.93. The first-order valence-corrected chi connectivity index (χ1v) is 8.29. The second kappa shape index (κ2) is 6.71. The number of imide groups is 1. The van der Waals surface area contributed by atoms with Gasteiger partial charge in [-0.1, -0.05) is 29.8 Å². The van der Waals surface area contributed by atoms with Crippen molar-refractivity contribution >= 4 is 17.6 Å². The number of rotatable bonds is 5. The highest BCUT2D eigenvalue weighted by Crippen LogP contribution is 2.32. The number of nitrogens with zero attached hydrogens (tertiary/aromatic N) is 2. The third-order valence-electron chi connectivity index (χ3n) is 4.71. The van der Waals surface area contributed by atoms with E-state index >= 15 is 0 Å². The van der Waals surface area contributed by atoms with Gasteiger partial charge >= 0.3 is 6.03 Å². The number of aryl methyl sites for hydroxylation is 1. The maximum atomic E-state index is 13.0. The van der Waals surface area contributed by atoms with E-state index < -0.39 is 22.4 Å². The summed E-state index contributed by atoms with van der Waals surface area (Å²) < 4.78 is 5.22. The maximum Gasteiger partial charge on any atom is 0.325 e. The van der Waals surface area contributed by atoms with E-state index in [4.69, 9.17) is 4.74 Å². The first kappa shape index (κ1) is 18.4. The molecule has 1 N–H and O–H groups in total. The molecule has 8 heteroatoms. The Kier molecular flexibility index (Phi) is 4.57. The number of nitro groups is 1. The normalized spacial score (nSPS) is 19.1. The topological polar surface area (TPSA) is 102 Å². The molecule has 0 aromatic heterocycles.